The summed E-state index contributed by atoms with van der Waals surface area (Å²) in [5, 5.41) is 6.84. The lowest BCUT2D eigenvalue weighted by atomic mass is 10.2. The second-order valence-electron chi connectivity index (χ2n) is 9.29. The number of benzene rings is 2. The van der Waals surface area contributed by atoms with Crippen LogP contribution in [0, 0.1) is 0 Å². The van der Waals surface area contributed by atoms with Crippen LogP contribution in [-0.4, -0.2) is 78.3 Å². The van der Waals surface area contributed by atoms with Crippen molar-refractivity contribution in [1.82, 2.24) is 19.5 Å². The van der Waals surface area contributed by atoms with Crippen LogP contribution in [0.1, 0.15) is 11.1 Å². The molecular formula is C27H28Cl2N8O2. The minimum Gasteiger partial charge on any atom is -0.378 e. The van der Waals surface area contributed by atoms with Crippen molar-refractivity contribution in [1.29, 1.82) is 0 Å². The number of nitrogens with one attached hydrogen (secondary N) is 1. The van der Waals surface area contributed by atoms with Gasteiger partial charge in [0.25, 0.3) is 0 Å². The van der Waals surface area contributed by atoms with E-state index < -0.39 is 0 Å². The van der Waals surface area contributed by atoms with Crippen molar-refractivity contribution >= 4 is 58.2 Å². The molecule has 0 spiro atoms. The third kappa shape index (κ3) is 5.94. The Morgan fingerprint density at radius 1 is 0.872 bits per heavy atom. The van der Waals surface area contributed by atoms with E-state index in [1.54, 1.807) is 12.3 Å². The number of para-hydroxylation sites is 1. The zero-order valence-corrected chi connectivity index (χ0v) is 22.8. The lowest BCUT2D eigenvalue weighted by molar-refractivity contribution is 0.121. The molecule has 0 aliphatic carbocycles. The van der Waals surface area contributed by atoms with Gasteiger partial charge in [0.05, 0.1) is 32.6 Å². The molecule has 4 aromatic rings. The first kappa shape index (κ1) is 25.8. The van der Waals surface area contributed by atoms with Crippen LogP contribution < -0.4 is 15.2 Å². The Balaban J connectivity index is 1.26. The number of anilines is 3. The first-order valence-electron chi connectivity index (χ1n) is 12.9. The van der Waals surface area contributed by atoms with E-state index in [1.807, 2.05) is 24.3 Å². The summed E-state index contributed by atoms with van der Waals surface area (Å²) in [6.07, 6.45) is 3.85. The number of halogens is 2. The van der Waals surface area contributed by atoms with E-state index >= 15 is 0 Å². The predicted molar refractivity (Wildman–Crippen MR) is 155 cm³/mol. The van der Waals surface area contributed by atoms with Crippen LogP contribution in [-0.2, 0) is 16.0 Å². The molecule has 2 aliphatic rings. The lowest BCUT2D eigenvalue weighted by Crippen LogP contribution is -2.40. The molecule has 0 unspecified atom stereocenters. The Morgan fingerprint density at radius 3 is 2.21 bits per heavy atom. The monoisotopic (exact) mass is 566 g/mol. The Hall–Kier alpha value is -3.44. The van der Waals surface area contributed by atoms with E-state index in [0.717, 1.165) is 48.2 Å². The maximum atomic E-state index is 6.45. The van der Waals surface area contributed by atoms with E-state index in [1.165, 1.54) is 0 Å². The Kier molecular flexibility index (Phi) is 7.78. The number of ether oxygens (including phenoxy) is 2. The van der Waals surface area contributed by atoms with Gasteiger partial charge < -0.3 is 23.8 Å². The molecule has 39 heavy (non-hydrogen) atoms. The van der Waals surface area contributed by atoms with Crippen molar-refractivity contribution in [2.24, 2.45) is 5.10 Å². The third-order valence-electron chi connectivity index (χ3n) is 6.74. The zero-order valence-electron chi connectivity index (χ0n) is 21.3. The fourth-order valence-electron chi connectivity index (χ4n) is 4.72. The van der Waals surface area contributed by atoms with Gasteiger partial charge in [0.15, 0.2) is 0 Å². The van der Waals surface area contributed by atoms with Gasteiger partial charge in [-0.15, -0.1) is 0 Å². The smallest absolute Gasteiger partial charge is 0.250 e. The van der Waals surface area contributed by atoms with Crippen molar-refractivity contribution in [3.63, 3.8) is 0 Å². The highest BCUT2D eigenvalue weighted by Crippen LogP contribution is 2.26. The summed E-state index contributed by atoms with van der Waals surface area (Å²) < 4.78 is 13.2. The summed E-state index contributed by atoms with van der Waals surface area (Å²) in [4.78, 5) is 18.3. The highest BCUT2D eigenvalue weighted by atomic mass is 35.5. The Labute approximate surface area is 236 Å². The summed E-state index contributed by atoms with van der Waals surface area (Å²) in [7, 11) is 0. The van der Waals surface area contributed by atoms with Gasteiger partial charge >= 0.3 is 0 Å². The van der Waals surface area contributed by atoms with Crippen LogP contribution in [0.2, 0.25) is 10.0 Å². The van der Waals surface area contributed by atoms with Gasteiger partial charge in [0.1, 0.15) is 0 Å². The highest BCUT2D eigenvalue weighted by Gasteiger charge is 2.20. The number of rotatable bonds is 7. The van der Waals surface area contributed by atoms with Crippen LogP contribution in [0.4, 0.5) is 17.8 Å². The number of hydrogen-bond donors (Lipinski definition) is 1. The Bertz CT molecular complexity index is 1450. The van der Waals surface area contributed by atoms with E-state index in [2.05, 4.69) is 53.2 Å². The molecule has 1 N–H and O–H groups in total. The van der Waals surface area contributed by atoms with E-state index in [-0.39, 0.29) is 0 Å². The van der Waals surface area contributed by atoms with Crippen molar-refractivity contribution in [2.75, 3.05) is 67.8 Å². The fourth-order valence-corrected chi connectivity index (χ4v) is 5.18. The largest absolute Gasteiger partial charge is 0.378 e. The molecule has 2 aromatic heterocycles. The molecular weight excluding hydrogens is 539 g/mol. The Morgan fingerprint density at radius 2 is 1.54 bits per heavy atom. The second-order valence-corrected chi connectivity index (χ2v) is 10.1. The normalized spacial score (nSPS) is 16.4. The molecule has 0 bridgehead atoms. The molecule has 0 saturated carbocycles. The molecule has 10 nitrogen and oxygen atoms in total. The summed E-state index contributed by atoms with van der Waals surface area (Å²) >= 11 is 12.5. The molecule has 0 amide bonds. The number of nitrogens with zero attached hydrogens (tertiary/aromatic N) is 7. The molecule has 2 saturated heterocycles. The average Bonchev–Trinajstić information content (AvgIpc) is 3.32. The molecule has 0 radical (unpaired) electrons. The predicted octanol–water partition coefficient (Wildman–Crippen LogP) is 4.30. The van der Waals surface area contributed by atoms with Gasteiger partial charge in [-0.05, 0) is 23.8 Å². The van der Waals surface area contributed by atoms with E-state index in [4.69, 9.17) is 37.7 Å². The zero-order chi connectivity index (χ0) is 26.6. The van der Waals surface area contributed by atoms with Crippen molar-refractivity contribution in [2.45, 2.75) is 6.54 Å². The van der Waals surface area contributed by atoms with Crippen LogP contribution >= 0.6 is 23.2 Å². The number of fused-ring (bicyclic) bond motifs is 1. The number of hydrazone groups is 1. The number of hydrogen-bond acceptors (Lipinski definition) is 9. The highest BCUT2D eigenvalue weighted by molar-refractivity contribution is 6.35. The maximum Gasteiger partial charge on any atom is 0.250 e. The molecule has 2 aliphatic heterocycles. The maximum absolute atomic E-state index is 6.45. The van der Waals surface area contributed by atoms with Gasteiger partial charge in [-0.25, -0.2) is 5.43 Å². The van der Waals surface area contributed by atoms with Gasteiger partial charge in [-0.3, -0.25) is 0 Å². The van der Waals surface area contributed by atoms with Crippen molar-refractivity contribution in [3.05, 3.63) is 69.8 Å². The lowest BCUT2D eigenvalue weighted by Gasteiger charge is -2.30. The van der Waals surface area contributed by atoms with Crippen LogP contribution in [0.5, 0.6) is 0 Å². The molecule has 6 rings (SSSR count). The van der Waals surface area contributed by atoms with Crippen LogP contribution in [0.3, 0.4) is 0 Å². The molecule has 0 atom stereocenters. The fraction of sp³-hybridized carbons (Fsp3) is 0.333. The first-order chi connectivity index (χ1) is 19.1. The third-order valence-corrected chi connectivity index (χ3v) is 7.33. The minimum atomic E-state index is 0.390. The number of morpholine rings is 2. The SMILES string of the molecule is Clc1ccc(Cn2cc(C=NNc3nc(N4CCOCC4)nc(N4CCOCC4)n3)c3ccccc32)c(Cl)c1. The van der Waals surface area contributed by atoms with Crippen molar-refractivity contribution in [3.8, 4) is 0 Å². The number of aromatic nitrogens is 4. The molecule has 202 valence electrons. The summed E-state index contributed by atoms with van der Waals surface area (Å²) in [6.45, 7) is 6.10. The standard InChI is InChI=1S/C27H28Cl2N8O2/c28-21-6-5-19(23(29)15-21)17-37-18-20(22-3-1-2-4-24(22)37)16-30-34-25-31-26(35-7-11-38-12-8-35)33-27(32-25)36-9-13-39-14-10-36/h1-6,15-16,18H,7-14,17H2,(H,31,32,33,34). The molecule has 2 fully saturated rings. The summed E-state index contributed by atoms with van der Waals surface area (Å²) in [5.74, 6) is 1.62. The summed E-state index contributed by atoms with van der Waals surface area (Å²) in [6, 6.07) is 13.8. The van der Waals surface area contributed by atoms with Crippen LogP contribution in [0.15, 0.2) is 53.8 Å². The molecule has 2 aromatic carbocycles. The minimum absolute atomic E-state index is 0.390. The van der Waals surface area contributed by atoms with E-state index in [0.29, 0.717) is 60.9 Å². The van der Waals surface area contributed by atoms with Gasteiger partial charge in [-0.2, -0.15) is 20.1 Å². The van der Waals surface area contributed by atoms with E-state index in [9.17, 15) is 0 Å². The summed E-state index contributed by atoms with van der Waals surface area (Å²) in [5.41, 5.74) is 6.06. The van der Waals surface area contributed by atoms with Gasteiger partial charge in [0.2, 0.25) is 17.8 Å². The van der Waals surface area contributed by atoms with Crippen molar-refractivity contribution < 1.29 is 9.47 Å². The molecule has 4 heterocycles. The quantitative estimate of drug-likeness (QED) is 0.261. The molecule has 12 heteroatoms. The average molecular weight is 567 g/mol. The second kappa shape index (κ2) is 11.7. The van der Waals surface area contributed by atoms with Gasteiger partial charge in [-0.1, -0.05) is 47.5 Å². The van der Waals surface area contributed by atoms with Crippen LogP contribution in [0.25, 0.3) is 10.9 Å². The van der Waals surface area contributed by atoms with Gasteiger partial charge in [0, 0.05) is 65.4 Å². The first-order valence-corrected chi connectivity index (χ1v) is 13.6. The topological polar surface area (TPSA) is 92.9 Å².